The normalized spacial score (nSPS) is 11.7. The van der Waals surface area contributed by atoms with Gasteiger partial charge < -0.3 is 14.8 Å². The second-order valence-electron chi connectivity index (χ2n) is 6.11. The molecule has 0 aliphatic carbocycles. The number of esters is 1. The fraction of sp³-hybridized carbons (Fsp3) is 0.300. The number of anilines is 1. The van der Waals surface area contributed by atoms with Crippen LogP contribution in [0.1, 0.15) is 32.3 Å². The highest BCUT2D eigenvalue weighted by molar-refractivity contribution is 6.30. The van der Waals surface area contributed by atoms with Crippen molar-refractivity contribution < 1.29 is 19.1 Å². The standard InChI is InChI=1S/C20H22ClNO4/c1-13(2)17-6-4-5-7-18(17)22-19(23)12-25-20(24)14(3)26-16-10-8-15(21)9-11-16/h4-11,13-14H,12H2,1-3H3,(H,22,23). The molecule has 2 aromatic rings. The maximum Gasteiger partial charge on any atom is 0.347 e. The average molecular weight is 376 g/mol. The largest absolute Gasteiger partial charge is 0.479 e. The summed E-state index contributed by atoms with van der Waals surface area (Å²) in [6.07, 6.45) is -0.841. The van der Waals surface area contributed by atoms with Crippen LogP contribution in [0.3, 0.4) is 0 Å². The summed E-state index contributed by atoms with van der Waals surface area (Å²) in [6, 6.07) is 14.2. The van der Waals surface area contributed by atoms with Gasteiger partial charge in [0.1, 0.15) is 5.75 Å². The van der Waals surface area contributed by atoms with Gasteiger partial charge in [-0.15, -0.1) is 0 Å². The van der Waals surface area contributed by atoms with Gasteiger partial charge in [-0.1, -0.05) is 43.6 Å². The molecule has 0 heterocycles. The van der Waals surface area contributed by atoms with Gasteiger partial charge in [-0.2, -0.15) is 0 Å². The van der Waals surface area contributed by atoms with Crippen molar-refractivity contribution in [3.05, 3.63) is 59.1 Å². The molecular formula is C20H22ClNO4. The lowest BCUT2D eigenvalue weighted by molar-refractivity contribution is -0.153. The SMILES string of the molecule is CC(Oc1ccc(Cl)cc1)C(=O)OCC(=O)Nc1ccccc1C(C)C. The summed E-state index contributed by atoms with van der Waals surface area (Å²) in [6.45, 7) is 5.27. The van der Waals surface area contributed by atoms with E-state index in [4.69, 9.17) is 21.1 Å². The highest BCUT2D eigenvalue weighted by Gasteiger charge is 2.18. The third-order valence-electron chi connectivity index (χ3n) is 3.66. The minimum absolute atomic E-state index is 0.266. The molecule has 0 fully saturated rings. The van der Waals surface area contributed by atoms with Crippen LogP contribution in [0.4, 0.5) is 5.69 Å². The van der Waals surface area contributed by atoms with E-state index in [2.05, 4.69) is 5.32 Å². The van der Waals surface area contributed by atoms with E-state index < -0.39 is 18.0 Å². The number of para-hydroxylation sites is 1. The van der Waals surface area contributed by atoms with Crippen LogP contribution in [0.15, 0.2) is 48.5 Å². The Balaban J connectivity index is 1.84. The summed E-state index contributed by atoms with van der Waals surface area (Å²) < 4.78 is 10.5. The van der Waals surface area contributed by atoms with Gasteiger partial charge in [0.05, 0.1) is 0 Å². The Bertz CT molecular complexity index is 759. The van der Waals surface area contributed by atoms with Crippen molar-refractivity contribution >= 4 is 29.2 Å². The molecule has 0 aliphatic heterocycles. The minimum atomic E-state index is -0.841. The maximum absolute atomic E-state index is 12.1. The Morgan fingerprint density at radius 3 is 2.35 bits per heavy atom. The predicted molar refractivity (Wildman–Crippen MR) is 102 cm³/mol. The minimum Gasteiger partial charge on any atom is -0.479 e. The lowest BCUT2D eigenvalue weighted by atomic mass is 10.0. The molecule has 0 saturated carbocycles. The monoisotopic (exact) mass is 375 g/mol. The number of carbonyl (C=O) groups excluding carboxylic acids is 2. The van der Waals surface area contributed by atoms with Gasteiger partial charge in [0.15, 0.2) is 12.7 Å². The zero-order valence-corrected chi connectivity index (χ0v) is 15.7. The summed E-state index contributed by atoms with van der Waals surface area (Å²) in [5, 5.41) is 3.35. The van der Waals surface area contributed by atoms with E-state index in [0.29, 0.717) is 16.5 Å². The summed E-state index contributed by atoms with van der Waals surface area (Å²) in [4.78, 5) is 24.1. The maximum atomic E-state index is 12.1. The molecule has 1 unspecified atom stereocenters. The smallest absolute Gasteiger partial charge is 0.347 e. The lowest BCUT2D eigenvalue weighted by Crippen LogP contribution is -2.29. The number of halogens is 1. The number of carbonyl (C=O) groups is 2. The quantitative estimate of drug-likeness (QED) is 0.728. The number of rotatable bonds is 7. The Hall–Kier alpha value is -2.53. The molecule has 1 atom stereocenters. The Kier molecular flexibility index (Phi) is 7.04. The number of hydrogen-bond acceptors (Lipinski definition) is 4. The van der Waals surface area contributed by atoms with E-state index in [-0.39, 0.29) is 12.5 Å². The van der Waals surface area contributed by atoms with Gasteiger partial charge >= 0.3 is 5.97 Å². The molecule has 0 aliphatic rings. The second kappa shape index (κ2) is 9.25. The Morgan fingerprint density at radius 1 is 1.04 bits per heavy atom. The van der Waals surface area contributed by atoms with Crippen molar-refractivity contribution in [1.29, 1.82) is 0 Å². The van der Waals surface area contributed by atoms with Crippen LogP contribution in [0, 0.1) is 0 Å². The second-order valence-corrected chi connectivity index (χ2v) is 6.55. The summed E-state index contributed by atoms with van der Waals surface area (Å²) in [5.74, 6) is -0.256. The molecule has 2 rings (SSSR count). The summed E-state index contributed by atoms with van der Waals surface area (Å²) in [5.41, 5.74) is 1.74. The highest BCUT2D eigenvalue weighted by atomic mass is 35.5. The molecule has 0 spiro atoms. The van der Waals surface area contributed by atoms with Gasteiger partial charge in [0.2, 0.25) is 0 Å². The predicted octanol–water partition coefficient (Wildman–Crippen LogP) is 4.41. The molecule has 0 aromatic heterocycles. The van der Waals surface area contributed by atoms with Gasteiger partial charge in [-0.3, -0.25) is 4.79 Å². The zero-order valence-electron chi connectivity index (χ0n) is 15.0. The van der Waals surface area contributed by atoms with Crippen LogP contribution in [0.2, 0.25) is 5.02 Å². The first-order chi connectivity index (χ1) is 12.4. The number of ether oxygens (including phenoxy) is 2. The third kappa shape index (κ3) is 5.77. The molecule has 0 radical (unpaired) electrons. The lowest BCUT2D eigenvalue weighted by Gasteiger charge is -2.15. The van der Waals surface area contributed by atoms with Gasteiger partial charge in [-0.05, 0) is 48.7 Å². The summed E-state index contributed by atoms with van der Waals surface area (Å²) in [7, 11) is 0. The average Bonchev–Trinajstić information content (AvgIpc) is 2.61. The van der Waals surface area contributed by atoms with Crippen molar-refractivity contribution in [3.63, 3.8) is 0 Å². The van der Waals surface area contributed by atoms with Crippen LogP contribution in [-0.4, -0.2) is 24.6 Å². The van der Waals surface area contributed by atoms with Crippen molar-refractivity contribution in [2.24, 2.45) is 0 Å². The molecule has 26 heavy (non-hydrogen) atoms. The van der Waals surface area contributed by atoms with Crippen LogP contribution in [0.25, 0.3) is 0 Å². The Morgan fingerprint density at radius 2 is 1.69 bits per heavy atom. The Labute approximate surface area is 158 Å². The van der Waals surface area contributed by atoms with Gasteiger partial charge in [0.25, 0.3) is 5.91 Å². The number of nitrogens with one attached hydrogen (secondary N) is 1. The molecule has 0 saturated heterocycles. The van der Waals surface area contributed by atoms with E-state index in [1.165, 1.54) is 0 Å². The topological polar surface area (TPSA) is 64.6 Å². The van der Waals surface area contributed by atoms with Crippen LogP contribution >= 0.6 is 11.6 Å². The first-order valence-electron chi connectivity index (χ1n) is 8.34. The van der Waals surface area contributed by atoms with Crippen LogP contribution < -0.4 is 10.1 Å². The van der Waals surface area contributed by atoms with Crippen molar-refractivity contribution in [2.75, 3.05) is 11.9 Å². The van der Waals surface area contributed by atoms with E-state index in [1.54, 1.807) is 31.2 Å². The van der Waals surface area contributed by atoms with Gasteiger partial charge in [0, 0.05) is 10.7 Å². The molecule has 0 bridgehead atoms. The zero-order chi connectivity index (χ0) is 19.1. The van der Waals surface area contributed by atoms with Crippen LogP contribution in [0.5, 0.6) is 5.75 Å². The molecule has 1 amide bonds. The van der Waals surface area contributed by atoms with Crippen molar-refractivity contribution in [2.45, 2.75) is 32.8 Å². The molecule has 138 valence electrons. The first kappa shape index (κ1) is 19.8. The third-order valence-corrected chi connectivity index (χ3v) is 3.91. The number of amides is 1. The number of hydrogen-bond donors (Lipinski definition) is 1. The summed E-state index contributed by atoms with van der Waals surface area (Å²) >= 11 is 5.80. The highest BCUT2D eigenvalue weighted by Crippen LogP contribution is 2.23. The molecular weight excluding hydrogens is 354 g/mol. The molecule has 6 heteroatoms. The van der Waals surface area contributed by atoms with Crippen molar-refractivity contribution in [3.8, 4) is 5.75 Å². The van der Waals surface area contributed by atoms with E-state index in [9.17, 15) is 9.59 Å². The fourth-order valence-corrected chi connectivity index (χ4v) is 2.45. The molecule has 5 nitrogen and oxygen atoms in total. The molecule has 1 N–H and O–H groups in total. The van der Waals surface area contributed by atoms with Gasteiger partial charge in [-0.25, -0.2) is 4.79 Å². The fourth-order valence-electron chi connectivity index (χ4n) is 2.32. The van der Waals surface area contributed by atoms with E-state index >= 15 is 0 Å². The molecule has 2 aromatic carbocycles. The first-order valence-corrected chi connectivity index (χ1v) is 8.72. The number of benzene rings is 2. The van der Waals surface area contributed by atoms with E-state index in [0.717, 1.165) is 5.56 Å². The van der Waals surface area contributed by atoms with Crippen LogP contribution in [-0.2, 0) is 14.3 Å². The van der Waals surface area contributed by atoms with Crippen molar-refractivity contribution in [1.82, 2.24) is 0 Å². The van der Waals surface area contributed by atoms with E-state index in [1.807, 2.05) is 38.1 Å².